The van der Waals surface area contributed by atoms with E-state index in [1.807, 2.05) is 43.3 Å². The lowest BCUT2D eigenvalue weighted by Crippen LogP contribution is -2.24. The lowest BCUT2D eigenvalue weighted by Gasteiger charge is -2.21. The summed E-state index contributed by atoms with van der Waals surface area (Å²) in [6, 6.07) is 11.4. The molecule has 5 rings (SSSR count). The molecule has 7 heteroatoms. The molecule has 0 unspecified atom stereocenters. The van der Waals surface area contributed by atoms with Gasteiger partial charge in [0.2, 0.25) is 0 Å². The summed E-state index contributed by atoms with van der Waals surface area (Å²) in [6.45, 7) is 2.05. The molecular formula is C21H17ClN4O2. The van der Waals surface area contributed by atoms with Crippen molar-refractivity contribution >= 4 is 23.0 Å². The van der Waals surface area contributed by atoms with Crippen molar-refractivity contribution in [2.45, 2.75) is 32.1 Å². The van der Waals surface area contributed by atoms with Gasteiger partial charge in [0.05, 0.1) is 23.2 Å². The number of hydrogen-bond acceptors (Lipinski definition) is 5. The van der Waals surface area contributed by atoms with Crippen LogP contribution in [-0.2, 0) is 12.8 Å². The van der Waals surface area contributed by atoms with Crippen molar-refractivity contribution in [3.05, 3.63) is 70.5 Å². The highest BCUT2D eigenvalue weighted by Crippen LogP contribution is 2.35. The van der Waals surface area contributed by atoms with Crippen LogP contribution in [0.2, 0.25) is 5.02 Å². The van der Waals surface area contributed by atoms with Crippen molar-refractivity contribution in [1.82, 2.24) is 19.8 Å². The van der Waals surface area contributed by atoms with Gasteiger partial charge in [-0.1, -0.05) is 30.7 Å². The largest absolute Gasteiger partial charge is 0.469 e. The van der Waals surface area contributed by atoms with Crippen LogP contribution in [0, 0.1) is 0 Å². The van der Waals surface area contributed by atoms with Crippen molar-refractivity contribution in [3.8, 4) is 11.1 Å². The maximum absolute atomic E-state index is 12.7. The van der Waals surface area contributed by atoms with Gasteiger partial charge in [-0.3, -0.25) is 4.79 Å². The van der Waals surface area contributed by atoms with E-state index in [1.54, 1.807) is 10.8 Å². The maximum atomic E-state index is 12.7. The second kappa shape index (κ2) is 6.56. The number of aromatic nitrogens is 4. The summed E-state index contributed by atoms with van der Waals surface area (Å²) in [4.78, 5) is 12.7. The van der Waals surface area contributed by atoms with Gasteiger partial charge in [0.1, 0.15) is 5.76 Å². The SMILES string of the molecule is CCc1nn2c3c(nnc2c1-c1cccc(Cl)c1)C(=O)C[C@@H](c1ccco1)C3. The molecule has 0 aliphatic heterocycles. The highest BCUT2D eigenvalue weighted by molar-refractivity contribution is 6.30. The number of carbonyl (C=O) groups excluding carboxylic acids is 1. The minimum Gasteiger partial charge on any atom is -0.469 e. The van der Waals surface area contributed by atoms with E-state index in [2.05, 4.69) is 10.2 Å². The lowest BCUT2D eigenvalue weighted by molar-refractivity contribution is 0.0951. The molecule has 1 atom stereocenters. The van der Waals surface area contributed by atoms with Crippen LogP contribution in [0.5, 0.6) is 0 Å². The van der Waals surface area contributed by atoms with Crippen LogP contribution in [-0.4, -0.2) is 25.6 Å². The Balaban J connectivity index is 1.72. The summed E-state index contributed by atoms with van der Waals surface area (Å²) >= 11 is 6.20. The van der Waals surface area contributed by atoms with E-state index >= 15 is 0 Å². The van der Waals surface area contributed by atoms with Crippen molar-refractivity contribution in [2.75, 3.05) is 0 Å². The Hall–Kier alpha value is -2.99. The molecule has 28 heavy (non-hydrogen) atoms. The molecule has 0 saturated heterocycles. The molecular weight excluding hydrogens is 376 g/mol. The Morgan fingerprint density at radius 3 is 2.86 bits per heavy atom. The van der Waals surface area contributed by atoms with Crippen LogP contribution in [0.15, 0.2) is 47.1 Å². The van der Waals surface area contributed by atoms with Gasteiger partial charge in [0, 0.05) is 23.8 Å². The van der Waals surface area contributed by atoms with E-state index in [0.717, 1.165) is 34.7 Å². The number of aryl methyl sites for hydroxylation is 1. The zero-order valence-corrected chi connectivity index (χ0v) is 16.0. The first-order valence-corrected chi connectivity index (χ1v) is 9.63. The Kier molecular flexibility index (Phi) is 4.02. The quantitative estimate of drug-likeness (QED) is 0.512. The highest BCUT2D eigenvalue weighted by atomic mass is 35.5. The summed E-state index contributed by atoms with van der Waals surface area (Å²) in [5.74, 6) is 0.753. The number of hydrogen-bond donors (Lipinski definition) is 0. The molecule has 0 bridgehead atoms. The molecule has 3 heterocycles. The fourth-order valence-electron chi connectivity index (χ4n) is 3.93. The number of Topliss-reactive ketones (excluding diaryl/α,β-unsaturated/α-hetero) is 1. The summed E-state index contributed by atoms with van der Waals surface area (Å²) in [6.07, 6.45) is 3.36. The third kappa shape index (κ3) is 2.64. The molecule has 0 amide bonds. The number of halogens is 1. The molecule has 1 aromatic carbocycles. The van der Waals surface area contributed by atoms with Gasteiger partial charge in [0.15, 0.2) is 17.1 Å². The number of carbonyl (C=O) groups is 1. The zero-order valence-electron chi connectivity index (χ0n) is 15.2. The molecule has 1 aliphatic rings. The van der Waals surface area contributed by atoms with Crippen LogP contribution in [0.1, 0.15) is 46.9 Å². The van der Waals surface area contributed by atoms with Gasteiger partial charge >= 0.3 is 0 Å². The number of furan rings is 1. The predicted molar refractivity (Wildman–Crippen MR) is 105 cm³/mol. The minimum atomic E-state index is -0.0325. The molecule has 140 valence electrons. The van der Waals surface area contributed by atoms with Gasteiger partial charge < -0.3 is 4.42 Å². The maximum Gasteiger partial charge on any atom is 0.185 e. The average molecular weight is 393 g/mol. The molecule has 4 aromatic rings. The number of fused-ring (bicyclic) bond motifs is 3. The van der Waals surface area contributed by atoms with Gasteiger partial charge in [-0.05, 0) is 36.2 Å². The van der Waals surface area contributed by atoms with Crippen molar-refractivity contribution in [1.29, 1.82) is 0 Å². The monoisotopic (exact) mass is 392 g/mol. The summed E-state index contributed by atoms with van der Waals surface area (Å²) < 4.78 is 7.33. The molecule has 3 aromatic heterocycles. The first-order valence-electron chi connectivity index (χ1n) is 9.25. The van der Waals surface area contributed by atoms with Gasteiger partial charge in [-0.2, -0.15) is 5.10 Å². The fourth-order valence-corrected chi connectivity index (χ4v) is 4.12. The summed E-state index contributed by atoms with van der Waals surface area (Å²) in [5.41, 5.74) is 4.58. The number of benzene rings is 1. The zero-order chi connectivity index (χ0) is 19.3. The van der Waals surface area contributed by atoms with Gasteiger partial charge in [0.25, 0.3) is 0 Å². The van der Waals surface area contributed by atoms with E-state index < -0.39 is 0 Å². The first kappa shape index (κ1) is 17.1. The summed E-state index contributed by atoms with van der Waals surface area (Å²) in [5, 5.41) is 14.1. The number of nitrogens with zero attached hydrogens (tertiary/aromatic N) is 4. The van der Waals surface area contributed by atoms with Crippen LogP contribution in [0.3, 0.4) is 0 Å². The number of ketones is 1. The van der Waals surface area contributed by atoms with Crippen molar-refractivity contribution in [2.24, 2.45) is 0 Å². The smallest absolute Gasteiger partial charge is 0.185 e. The standard InChI is InChI=1S/C21H17ClN4O2/c1-2-15-19(12-5-3-6-14(22)9-12)21-24-23-20-16(26(21)25-15)10-13(11-17(20)27)18-7-4-8-28-18/h3-9,13H,2,10-11H2,1H3/t13-/m0/s1. The van der Waals surface area contributed by atoms with E-state index in [-0.39, 0.29) is 11.7 Å². The Bertz CT molecular complexity index is 1200. The van der Waals surface area contributed by atoms with Crippen molar-refractivity contribution in [3.63, 3.8) is 0 Å². The molecule has 1 aliphatic carbocycles. The topological polar surface area (TPSA) is 73.3 Å². The van der Waals surface area contributed by atoms with Gasteiger partial charge in [-0.25, -0.2) is 4.52 Å². The van der Waals surface area contributed by atoms with Crippen molar-refractivity contribution < 1.29 is 9.21 Å². The van der Waals surface area contributed by atoms with Crippen LogP contribution in [0.4, 0.5) is 0 Å². The van der Waals surface area contributed by atoms with Crippen LogP contribution < -0.4 is 0 Å². The molecule has 6 nitrogen and oxygen atoms in total. The highest BCUT2D eigenvalue weighted by Gasteiger charge is 2.32. The average Bonchev–Trinajstić information content (AvgIpc) is 3.35. The second-order valence-electron chi connectivity index (χ2n) is 6.96. The fraction of sp³-hybridized carbons (Fsp3) is 0.238. The normalized spacial score (nSPS) is 16.5. The minimum absolute atomic E-state index is 0.0219. The first-order chi connectivity index (χ1) is 13.7. The predicted octanol–water partition coefficient (Wildman–Crippen LogP) is 4.51. The third-order valence-electron chi connectivity index (χ3n) is 5.24. The van der Waals surface area contributed by atoms with Gasteiger partial charge in [-0.15, -0.1) is 10.2 Å². The Morgan fingerprint density at radius 1 is 1.21 bits per heavy atom. The third-order valence-corrected chi connectivity index (χ3v) is 5.47. The Labute approximate surface area is 166 Å². The van der Waals surface area contributed by atoms with E-state index in [1.165, 1.54) is 0 Å². The van der Waals surface area contributed by atoms with E-state index in [4.69, 9.17) is 21.1 Å². The molecule has 0 saturated carbocycles. The van der Waals surface area contributed by atoms with E-state index in [9.17, 15) is 4.79 Å². The Morgan fingerprint density at radius 2 is 2.11 bits per heavy atom. The lowest BCUT2D eigenvalue weighted by atomic mass is 9.87. The van der Waals surface area contributed by atoms with E-state index in [0.29, 0.717) is 29.2 Å². The molecule has 0 spiro atoms. The molecule has 0 fully saturated rings. The van der Waals surface area contributed by atoms with Crippen LogP contribution in [0.25, 0.3) is 16.8 Å². The molecule has 0 radical (unpaired) electrons. The second-order valence-corrected chi connectivity index (χ2v) is 7.40. The summed E-state index contributed by atoms with van der Waals surface area (Å²) in [7, 11) is 0. The van der Waals surface area contributed by atoms with Crippen LogP contribution >= 0.6 is 11.6 Å². The number of rotatable bonds is 3. The molecule has 0 N–H and O–H groups in total.